The Kier molecular flexibility index (Phi) is 6.99. The Morgan fingerprint density at radius 2 is 1.16 bits per heavy atom. The van der Waals surface area contributed by atoms with E-state index in [4.69, 9.17) is 4.42 Å². The van der Waals surface area contributed by atoms with Crippen LogP contribution in [0.4, 0.5) is 17.1 Å². The van der Waals surface area contributed by atoms with Crippen LogP contribution in [0.5, 0.6) is 0 Å². The molecule has 1 aliphatic carbocycles. The second-order valence-electron chi connectivity index (χ2n) is 16.3. The molecule has 0 fully saturated rings. The van der Waals surface area contributed by atoms with Crippen LogP contribution in [0, 0.1) is 0 Å². The summed E-state index contributed by atoms with van der Waals surface area (Å²) < 4.78 is 6.71. The Bertz CT molecular complexity index is 2380. The van der Waals surface area contributed by atoms with Crippen LogP contribution < -0.4 is 4.90 Å². The van der Waals surface area contributed by atoms with Gasteiger partial charge in [0.05, 0.1) is 0 Å². The van der Waals surface area contributed by atoms with Gasteiger partial charge in [-0.05, 0) is 98.3 Å². The lowest BCUT2D eigenvalue weighted by Crippen LogP contribution is -2.16. The number of hydrogen-bond donors (Lipinski definition) is 0. The molecule has 244 valence electrons. The summed E-state index contributed by atoms with van der Waals surface area (Å²) in [5, 5.41) is 2.32. The van der Waals surface area contributed by atoms with Gasteiger partial charge in [-0.2, -0.15) is 0 Å². The van der Waals surface area contributed by atoms with Crippen molar-refractivity contribution in [3.63, 3.8) is 0 Å². The van der Waals surface area contributed by atoms with Gasteiger partial charge in [0, 0.05) is 38.8 Å². The van der Waals surface area contributed by atoms with E-state index in [1.54, 1.807) is 0 Å². The van der Waals surface area contributed by atoms with E-state index < -0.39 is 0 Å². The Balaban J connectivity index is 1.37. The molecule has 2 nitrogen and oxygen atoms in total. The van der Waals surface area contributed by atoms with Crippen molar-refractivity contribution in [2.75, 3.05) is 4.90 Å². The Hall–Kier alpha value is -5.08. The highest BCUT2D eigenvalue weighted by Gasteiger charge is 2.36. The first kappa shape index (κ1) is 31.2. The molecule has 6 aromatic carbocycles. The number of furan rings is 1. The molecule has 0 amide bonds. The Labute approximate surface area is 291 Å². The maximum Gasteiger partial charge on any atom is 0.139 e. The van der Waals surface area contributed by atoms with Gasteiger partial charge in [0.15, 0.2) is 0 Å². The van der Waals surface area contributed by atoms with Gasteiger partial charge in [0.1, 0.15) is 11.2 Å². The van der Waals surface area contributed by atoms with Crippen molar-refractivity contribution in [1.29, 1.82) is 0 Å². The van der Waals surface area contributed by atoms with Crippen molar-refractivity contribution >= 4 is 39.0 Å². The monoisotopic (exact) mass is 639 g/mol. The van der Waals surface area contributed by atoms with Crippen molar-refractivity contribution in [2.45, 2.75) is 71.6 Å². The van der Waals surface area contributed by atoms with Gasteiger partial charge < -0.3 is 9.32 Å². The minimum atomic E-state index is -0.100. The van der Waals surface area contributed by atoms with Crippen LogP contribution in [-0.4, -0.2) is 0 Å². The van der Waals surface area contributed by atoms with Crippen LogP contribution in [0.25, 0.3) is 44.2 Å². The molecule has 8 rings (SSSR count). The van der Waals surface area contributed by atoms with Crippen LogP contribution in [0.2, 0.25) is 0 Å². The van der Waals surface area contributed by atoms with E-state index in [1.165, 1.54) is 49.9 Å². The fourth-order valence-electron chi connectivity index (χ4n) is 7.73. The molecule has 7 aromatic rings. The van der Waals surface area contributed by atoms with E-state index >= 15 is 0 Å². The van der Waals surface area contributed by atoms with Gasteiger partial charge >= 0.3 is 0 Å². The molecule has 1 aliphatic rings. The molecular weight excluding hydrogens is 595 g/mol. The molecule has 0 N–H and O–H groups in total. The first-order valence-electron chi connectivity index (χ1n) is 17.5. The zero-order valence-electron chi connectivity index (χ0n) is 30.0. The van der Waals surface area contributed by atoms with Crippen LogP contribution in [-0.2, 0) is 16.2 Å². The molecule has 49 heavy (non-hydrogen) atoms. The van der Waals surface area contributed by atoms with Crippen LogP contribution in [0.1, 0.15) is 77.6 Å². The summed E-state index contributed by atoms with van der Waals surface area (Å²) in [6.45, 7) is 18.4. The van der Waals surface area contributed by atoms with Gasteiger partial charge in [0.25, 0.3) is 0 Å². The van der Waals surface area contributed by atoms with Crippen molar-refractivity contribution in [2.24, 2.45) is 0 Å². The smallest absolute Gasteiger partial charge is 0.139 e. The van der Waals surface area contributed by atoms with E-state index in [-0.39, 0.29) is 16.2 Å². The number of fused-ring (bicyclic) bond motifs is 6. The SMILES string of the molecule is CC(C)(C)c1cc(C(C)(C)C)c2oc3ccc(N(c4cccc(-c5ccccc5)c4)c4ccc5c(c4)C(C)(C)c4ccccc4-5)cc3c2c1. The van der Waals surface area contributed by atoms with Gasteiger partial charge in [0.2, 0.25) is 0 Å². The summed E-state index contributed by atoms with van der Waals surface area (Å²) in [5.74, 6) is 0. The zero-order chi connectivity index (χ0) is 34.3. The molecule has 1 aromatic heterocycles. The van der Waals surface area contributed by atoms with Crippen molar-refractivity contribution in [1.82, 2.24) is 0 Å². The number of benzene rings is 6. The molecule has 0 unspecified atom stereocenters. The van der Waals surface area contributed by atoms with Crippen LogP contribution in [0.15, 0.2) is 132 Å². The van der Waals surface area contributed by atoms with Crippen LogP contribution in [0.3, 0.4) is 0 Å². The maximum atomic E-state index is 6.71. The zero-order valence-corrected chi connectivity index (χ0v) is 30.0. The Morgan fingerprint density at radius 3 is 1.92 bits per heavy atom. The fourth-order valence-corrected chi connectivity index (χ4v) is 7.73. The second kappa shape index (κ2) is 11.0. The number of rotatable bonds is 4. The normalized spacial score (nSPS) is 13.9. The van der Waals surface area contributed by atoms with Crippen molar-refractivity contribution in [3.8, 4) is 22.3 Å². The van der Waals surface area contributed by atoms with Gasteiger partial charge in [-0.1, -0.05) is 134 Å². The van der Waals surface area contributed by atoms with Crippen molar-refractivity contribution in [3.05, 3.63) is 150 Å². The maximum absolute atomic E-state index is 6.71. The minimum absolute atomic E-state index is 0.00804. The lowest BCUT2D eigenvalue weighted by Gasteiger charge is -2.28. The van der Waals surface area contributed by atoms with Crippen molar-refractivity contribution < 1.29 is 4.42 Å². The van der Waals surface area contributed by atoms with Crippen LogP contribution >= 0.6 is 0 Å². The summed E-state index contributed by atoms with van der Waals surface area (Å²) in [6, 6.07) is 46.9. The molecule has 0 saturated carbocycles. The van der Waals surface area contributed by atoms with E-state index in [0.29, 0.717) is 0 Å². The number of anilines is 3. The lowest BCUT2D eigenvalue weighted by atomic mass is 9.79. The van der Waals surface area contributed by atoms with E-state index in [2.05, 4.69) is 188 Å². The average Bonchev–Trinajstić information content (AvgIpc) is 3.56. The average molecular weight is 640 g/mol. The highest BCUT2D eigenvalue weighted by atomic mass is 16.3. The third-order valence-electron chi connectivity index (χ3n) is 10.5. The quantitative estimate of drug-likeness (QED) is 0.191. The predicted octanol–water partition coefficient (Wildman–Crippen LogP) is 13.6. The summed E-state index contributed by atoms with van der Waals surface area (Å²) in [4.78, 5) is 2.42. The molecule has 0 spiro atoms. The van der Waals surface area contributed by atoms with E-state index in [1.807, 2.05) is 0 Å². The molecule has 0 aliphatic heterocycles. The number of hydrogen-bond acceptors (Lipinski definition) is 2. The highest BCUT2D eigenvalue weighted by molar-refractivity contribution is 6.08. The topological polar surface area (TPSA) is 16.4 Å². The van der Waals surface area contributed by atoms with Gasteiger partial charge in [-0.15, -0.1) is 0 Å². The molecule has 1 heterocycles. The third kappa shape index (κ3) is 5.17. The third-order valence-corrected chi connectivity index (χ3v) is 10.5. The highest BCUT2D eigenvalue weighted by Crippen LogP contribution is 2.51. The van der Waals surface area contributed by atoms with Gasteiger partial charge in [-0.3, -0.25) is 0 Å². The largest absolute Gasteiger partial charge is 0.456 e. The standard InChI is InChI=1S/C47H45NO/c1-45(2,3)32-26-39-38-28-34(22-24-43(38)49-44(39)42(27-32)46(4,5)6)48(33-18-14-17-31(25-33)30-15-10-9-11-16-30)35-21-23-37-36-19-12-13-20-40(36)47(7,8)41(37)29-35/h9-29H,1-8H3. The second-order valence-corrected chi connectivity index (χ2v) is 16.3. The molecule has 0 radical (unpaired) electrons. The summed E-state index contributed by atoms with van der Waals surface area (Å²) in [7, 11) is 0. The summed E-state index contributed by atoms with van der Waals surface area (Å²) in [6.07, 6.45) is 0. The predicted molar refractivity (Wildman–Crippen MR) is 209 cm³/mol. The fraction of sp³-hybridized carbons (Fsp3) is 0.234. The van der Waals surface area contributed by atoms with E-state index in [9.17, 15) is 0 Å². The minimum Gasteiger partial charge on any atom is -0.456 e. The summed E-state index contributed by atoms with van der Waals surface area (Å²) >= 11 is 0. The van der Waals surface area contributed by atoms with E-state index in [0.717, 1.165) is 33.6 Å². The summed E-state index contributed by atoms with van der Waals surface area (Å²) in [5.41, 5.74) is 15.5. The molecule has 0 saturated heterocycles. The Morgan fingerprint density at radius 1 is 0.510 bits per heavy atom. The van der Waals surface area contributed by atoms with Gasteiger partial charge in [-0.25, -0.2) is 0 Å². The molecule has 2 heteroatoms. The molecule has 0 atom stereocenters. The first-order valence-corrected chi connectivity index (χ1v) is 17.5. The first-order chi connectivity index (χ1) is 23.3. The molecule has 0 bridgehead atoms. The number of nitrogens with zero attached hydrogens (tertiary/aromatic N) is 1. The molecular formula is C47H45NO. The lowest BCUT2D eigenvalue weighted by molar-refractivity contribution is 0.559.